The van der Waals surface area contributed by atoms with E-state index in [0.29, 0.717) is 28.1 Å². The zero-order chi connectivity index (χ0) is 17.0. The summed E-state index contributed by atoms with van der Waals surface area (Å²) in [7, 11) is -3.66. The van der Waals surface area contributed by atoms with Crippen molar-refractivity contribution in [1.29, 1.82) is 0 Å². The van der Waals surface area contributed by atoms with Gasteiger partial charge in [0.05, 0.1) is 16.8 Å². The fourth-order valence-corrected chi connectivity index (χ4v) is 3.14. The van der Waals surface area contributed by atoms with Crippen molar-refractivity contribution in [3.05, 3.63) is 47.1 Å². The van der Waals surface area contributed by atoms with Gasteiger partial charge in [-0.15, -0.1) is 0 Å². The average Bonchev–Trinajstić information content (AvgIpc) is 2.51. The van der Waals surface area contributed by atoms with Gasteiger partial charge in [0.15, 0.2) is 0 Å². The molecule has 0 aliphatic carbocycles. The summed E-state index contributed by atoms with van der Waals surface area (Å²) in [4.78, 5) is 4.38. The average molecular weight is 354 g/mol. The summed E-state index contributed by atoms with van der Waals surface area (Å²) < 4.78 is 27.3. The summed E-state index contributed by atoms with van der Waals surface area (Å²) >= 11 is 5.93. The third-order valence-corrected chi connectivity index (χ3v) is 5.27. The highest BCUT2D eigenvalue weighted by Crippen LogP contribution is 2.22. The molecule has 2 aromatic rings. The van der Waals surface area contributed by atoms with Crippen LogP contribution in [0, 0.1) is 6.92 Å². The SMILES string of the molecule is CCC(C)Nc1ccc(NS(=O)(=O)c2ccc(Cl)c(C)c2)cn1. The fraction of sp³-hybridized carbons (Fsp3) is 0.312. The first kappa shape index (κ1) is 17.6. The quantitative estimate of drug-likeness (QED) is 0.821. The molecule has 0 saturated carbocycles. The lowest BCUT2D eigenvalue weighted by Crippen LogP contribution is -2.15. The Hall–Kier alpha value is -1.79. The Bertz CT molecular complexity index is 776. The molecule has 0 aliphatic rings. The molecule has 1 aromatic carbocycles. The Morgan fingerprint density at radius 1 is 1.26 bits per heavy atom. The van der Waals surface area contributed by atoms with Gasteiger partial charge in [-0.1, -0.05) is 18.5 Å². The number of hydrogen-bond donors (Lipinski definition) is 2. The number of pyridine rings is 1. The molecule has 0 fully saturated rings. The molecule has 2 rings (SSSR count). The van der Waals surface area contributed by atoms with Crippen LogP contribution in [0.3, 0.4) is 0 Å². The largest absolute Gasteiger partial charge is 0.368 e. The smallest absolute Gasteiger partial charge is 0.261 e. The van der Waals surface area contributed by atoms with Crippen LogP contribution >= 0.6 is 11.6 Å². The van der Waals surface area contributed by atoms with Gasteiger partial charge in [0.1, 0.15) is 5.82 Å². The number of anilines is 2. The van der Waals surface area contributed by atoms with Crippen molar-refractivity contribution in [2.24, 2.45) is 0 Å². The Morgan fingerprint density at radius 2 is 2.00 bits per heavy atom. The summed E-state index contributed by atoms with van der Waals surface area (Å²) in [5.74, 6) is 0.713. The number of nitrogens with zero attached hydrogens (tertiary/aromatic N) is 1. The molecular weight excluding hydrogens is 334 g/mol. The number of halogens is 1. The molecule has 5 nitrogen and oxygen atoms in total. The van der Waals surface area contributed by atoms with Gasteiger partial charge >= 0.3 is 0 Å². The minimum absolute atomic E-state index is 0.168. The number of nitrogens with one attached hydrogen (secondary N) is 2. The molecule has 124 valence electrons. The Morgan fingerprint density at radius 3 is 2.57 bits per heavy atom. The maximum Gasteiger partial charge on any atom is 0.261 e. The molecule has 23 heavy (non-hydrogen) atoms. The lowest BCUT2D eigenvalue weighted by atomic mass is 10.2. The van der Waals surface area contributed by atoms with E-state index in [0.717, 1.165) is 6.42 Å². The number of benzene rings is 1. The van der Waals surface area contributed by atoms with Gasteiger partial charge in [-0.05, 0) is 56.2 Å². The summed E-state index contributed by atoms with van der Waals surface area (Å²) in [6.45, 7) is 5.90. The van der Waals surface area contributed by atoms with Crippen molar-refractivity contribution >= 4 is 33.1 Å². The van der Waals surface area contributed by atoms with Crippen molar-refractivity contribution in [3.8, 4) is 0 Å². The van der Waals surface area contributed by atoms with E-state index in [1.54, 1.807) is 25.1 Å². The fourth-order valence-electron chi connectivity index (χ4n) is 1.89. The summed E-state index contributed by atoms with van der Waals surface area (Å²) in [6.07, 6.45) is 2.47. The minimum Gasteiger partial charge on any atom is -0.368 e. The van der Waals surface area contributed by atoms with E-state index in [1.807, 2.05) is 0 Å². The predicted molar refractivity (Wildman–Crippen MR) is 94.6 cm³/mol. The summed E-state index contributed by atoms with van der Waals surface area (Å²) in [5, 5.41) is 3.76. The first-order chi connectivity index (χ1) is 10.8. The van der Waals surface area contributed by atoms with Crippen LogP contribution in [-0.2, 0) is 10.0 Å². The maximum atomic E-state index is 12.4. The summed E-state index contributed by atoms with van der Waals surface area (Å²) in [6, 6.07) is 8.32. The Labute approximate surface area is 142 Å². The highest BCUT2D eigenvalue weighted by Gasteiger charge is 2.15. The van der Waals surface area contributed by atoms with E-state index in [-0.39, 0.29) is 4.90 Å². The first-order valence-corrected chi connectivity index (χ1v) is 9.19. The topological polar surface area (TPSA) is 71.1 Å². The minimum atomic E-state index is -3.66. The molecule has 7 heteroatoms. The van der Waals surface area contributed by atoms with E-state index >= 15 is 0 Å². The van der Waals surface area contributed by atoms with Gasteiger partial charge in [-0.3, -0.25) is 4.72 Å². The van der Waals surface area contributed by atoms with Crippen LogP contribution in [0.1, 0.15) is 25.8 Å². The molecule has 2 N–H and O–H groups in total. The van der Waals surface area contributed by atoms with Crippen LogP contribution in [0.4, 0.5) is 11.5 Å². The second-order valence-corrected chi connectivity index (χ2v) is 7.49. The van der Waals surface area contributed by atoms with Crippen LogP contribution < -0.4 is 10.0 Å². The molecule has 0 aliphatic heterocycles. The third kappa shape index (κ3) is 4.59. The van der Waals surface area contributed by atoms with E-state index in [2.05, 4.69) is 28.9 Å². The van der Waals surface area contributed by atoms with Crippen molar-refractivity contribution < 1.29 is 8.42 Å². The van der Waals surface area contributed by atoms with Crippen molar-refractivity contribution in [2.45, 2.75) is 38.1 Å². The Balaban J connectivity index is 2.15. The standard InChI is InChI=1S/C16H20ClN3O2S/c1-4-12(3)19-16-8-5-13(10-18-16)20-23(21,22)14-6-7-15(17)11(2)9-14/h5-10,12,20H,4H2,1-3H3,(H,18,19). The lowest BCUT2D eigenvalue weighted by Gasteiger charge is -2.13. The predicted octanol–water partition coefficient (Wildman–Crippen LogP) is 4.05. The molecule has 1 heterocycles. The molecular formula is C16H20ClN3O2S. The van der Waals surface area contributed by atoms with Crippen molar-refractivity contribution in [3.63, 3.8) is 0 Å². The molecule has 0 saturated heterocycles. The Kier molecular flexibility index (Phi) is 5.49. The van der Waals surface area contributed by atoms with Gasteiger partial charge in [-0.25, -0.2) is 13.4 Å². The summed E-state index contributed by atoms with van der Waals surface area (Å²) in [5.41, 5.74) is 1.12. The van der Waals surface area contributed by atoms with Crippen LogP contribution in [0.2, 0.25) is 5.02 Å². The number of rotatable bonds is 6. The van der Waals surface area contributed by atoms with E-state index in [4.69, 9.17) is 11.6 Å². The highest BCUT2D eigenvalue weighted by molar-refractivity contribution is 7.92. The molecule has 1 atom stereocenters. The number of hydrogen-bond acceptors (Lipinski definition) is 4. The lowest BCUT2D eigenvalue weighted by molar-refractivity contribution is 0.601. The van der Waals surface area contributed by atoms with E-state index in [9.17, 15) is 8.42 Å². The van der Waals surface area contributed by atoms with E-state index in [1.165, 1.54) is 18.3 Å². The molecule has 0 spiro atoms. The zero-order valence-electron chi connectivity index (χ0n) is 13.3. The number of aromatic nitrogens is 1. The van der Waals surface area contributed by atoms with Gasteiger partial charge in [0, 0.05) is 11.1 Å². The number of sulfonamides is 1. The molecule has 0 bridgehead atoms. The molecule has 1 aromatic heterocycles. The van der Waals surface area contributed by atoms with Crippen LogP contribution in [-0.4, -0.2) is 19.4 Å². The molecule has 0 radical (unpaired) electrons. The second-order valence-electron chi connectivity index (χ2n) is 5.40. The number of aryl methyl sites for hydroxylation is 1. The van der Waals surface area contributed by atoms with Crippen LogP contribution in [0.15, 0.2) is 41.4 Å². The first-order valence-electron chi connectivity index (χ1n) is 7.33. The van der Waals surface area contributed by atoms with Gasteiger partial charge in [-0.2, -0.15) is 0 Å². The van der Waals surface area contributed by atoms with Crippen molar-refractivity contribution in [2.75, 3.05) is 10.0 Å². The van der Waals surface area contributed by atoms with Gasteiger partial charge < -0.3 is 5.32 Å². The normalized spacial score (nSPS) is 12.7. The molecule has 0 amide bonds. The monoisotopic (exact) mass is 353 g/mol. The van der Waals surface area contributed by atoms with E-state index < -0.39 is 10.0 Å². The molecule has 1 unspecified atom stereocenters. The second kappa shape index (κ2) is 7.19. The maximum absolute atomic E-state index is 12.4. The van der Waals surface area contributed by atoms with Crippen molar-refractivity contribution in [1.82, 2.24) is 4.98 Å². The third-order valence-electron chi connectivity index (χ3n) is 3.46. The van der Waals surface area contributed by atoms with Gasteiger partial charge in [0.25, 0.3) is 10.0 Å². The van der Waals surface area contributed by atoms with Gasteiger partial charge in [0.2, 0.25) is 0 Å². The van der Waals surface area contributed by atoms with Crippen LogP contribution in [0.5, 0.6) is 0 Å². The highest BCUT2D eigenvalue weighted by atomic mass is 35.5. The zero-order valence-corrected chi connectivity index (χ0v) is 14.9. The van der Waals surface area contributed by atoms with Crippen LogP contribution in [0.25, 0.3) is 0 Å².